The van der Waals surface area contributed by atoms with Crippen molar-refractivity contribution in [2.24, 2.45) is 0 Å². The quantitative estimate of drug-likeness (QED) is 0.479. The third-order valence-corrected chi connectivity index (χ3v) is 0.348. The van der Waals surface area contributed by atoms with E-state index in [0.717, 1.165) is 0 Å². The smallest absolute Gasteiger partial charge is 0.302 e. The molecule has 0 rings (SSSR count). The standard InChI is InChI=1S/C4H8O2.BrH.H3N/c1-3-6-4(2)5;;/h3H2,1-2H3;1H;1H3. The second-order valence-corrected chi connectivity index (χ2v) is 0.925. The van der Waals surface area contributed by atoms with E-state index in [-0.39, 0.29) is 29.1 Å². The SMILES string of the molecule is CCOC(C)=O.[Br-].[NH4+]. The van der Waals surface area contributed by atoms with Gasteiger partial charge in [-0.3, -0.25) is 4.79 Å². The summed E-state index contributed by atoms with van der Waals surface area (Å²) in [6.07, 6.45) is 0. The minimum absolute atomic E-state index is 0. The Morgan fingerprint density at radius 1 is 1.62 bits per heavy atom. The number of rotatable bonds is 1. The highest BCUT2D eigenvalue weighted by atomic mass is 79.9. The van der Waals surface area contributed by atoms with E-state index in [2.05, 4.69) is 4.74 Å². The number of ether oxygens (including phenoxy) is 1. The molecule has 0 fully saturated rings. The largest absolute Gasteiger partial charge is 1.00 e. The molecule has 0 atom stereocenters. The molecule has 3 nitrogen and oxygen atoms in total. The van der Waals surface area contributed by atoms with Crippen LogP contribution >= 0.6 is 0 Å². The van der Waals surface area contributed by atoms with Gasteiger partial charge in [-0.2, -0.15) is 0 Å². The van der Waals surface area contributed by atoms with Crippen molar-refractivity contribution in [3.63, 3.8) is 0 Å². The maximum atomic E-state index is 9.82. The Morgan fingerprint density at radius 3 is 2.00 bits per heavy atom. The highest BCUT2D eigenvalue weighted by molar-refractivity contribution is 5.65. The topological polar surface area (TPSA) is 62.8 Å². The van der Waals surface area contributed by atoms with Crippen LogP contribution in [0.3, 0.4) is 0 Å². The van der Waals surface area contributed by atoms with E-state index in [9.17, 15) is 4.79 Å². The summed E-state index contributed by atoms with van der Waals surface area (Å²) in [5.41, 5.74) is 0. The summed E-state index contributed by atoms with van der Waals surface area (Å²) in [6.45, 7) is 3.65. The van der Waals surface area contributed by atoms with E-state index in [1.165, 1.54) is 6.92 Å². The molecule has 0 aliphatic heterocycles. The molecule has 4 N–H and O–H groups in total. The Morgan fingerprint density at radius 2 is 2.00 bits per heavy atom. The van der Waals surface area contributed by atoms with Gasteiger partial charge < -0.3 is 27.9 Å². The molecule has 52 valence electrons. The van der Waals surface area contributed by atoms with Crippen LogP contribution < -0.4 is 23.1 Å². The zero-order valence-electron chi connectivity index (χ0n) is 5.40. The van der Waals surface area contributed by atoms with Gasteiger partial charge in [-0.05, 0) is 6.92 Å². The van der Waals surface area contributed by atoms with E-state index in [4.69, 9.17) is 0 Å². The highest BCUT2D eigenvalue weighted by Crippen LogP contribution is 1.69. The Labute approximate surface area is 59.8 Å². The Hall–Kier alpha value is -0.0900. The van der Waals surface area contributed by atoms with Gasteiger partial charge in [-0.15, -0.1) is 0 Å². The molecule has 8 heavy (non-hydrogen) atoms. The summed E-state index contributed by atoms with van der Waals surface area (Å²) in [4.78, 5) is 9.82. The van der Waals surface area contributed by atoms with Gasteiger partial charge in [0.25, 0.3) is 0 Å². The molecule has 0 radical (unpaired) electrons. The maximum Gasteiger partial charge on any atom is 0.302 e. The van der Waals surface area contributed by atoms with E-state index in [1.54, 1.807) is 6.92 Å². The van der Waals surface area contributed by atoms with Crippen LogP contribution in [0.5, 0.6) is 0 Å². The first-order chi connectivity index (χ1) is 2.77. The summed E-state index contributed by atoms with van der Waals surface area (Å²) < 4.78 is 4.40. The molecule has 0 heterocycles. The van der Waals surface area contributed by atoms with Crippen molar-refractivity contribution in [3.05, 3.63) is 0 Å². The summed E-state index contributed by atoms with van der Waals surface area (Å²) in [5.74, 6) is -0.211. The van der Waals surface area contributed by atoms with Crippen molar-refractivity contribution in [2.45, 2.75) is 13.8 Å². The summed E-state index contributed by atoms with van der Waals surface area (Å²) in [7, 11) is 0. The molecule has 0 amide bonds. The van der Waals surface area contributed by atoms with Crippen LogP contribution in [-0.4, -0.2) is 12.6 Å². The minimum atomic E-state index is -0.211. The van der Waals surface area contributed by atoms with Crippen molar-refractivity contribution in [1.82, 2.24) is 6.15 Å². The van der Waals surface area contributed by atoms with Crippen LogP contribution in [0.2, 0.25) is 0 Å². The van der Waals surface area contributed by atoms with Crippen molar-refractivity contribution in [3.8, 4) is 0 Å². The maximum absolute atomic E-state index is 9.82. The fourth-order valence-electron chi connectivity index (χ4n) is 0.203. The van der Waals surface area contributed by atoms with Gasteiger partial charge in [0.05, 0.1) is 6.61 Å². The van der Waals surface area contributed by atoms with Crippen LogP contribution in [0.4, 0.5) is 0 Å². The second-order valence-electron chi connectivity index (χ2n) is 0.925. The molecule has 0 saturated heterocycles. The lowest BCUT2D eigenvalue weighted by atomic mass is 10.8. The first-order valence-corrected chi connectivity index (χ1v) is 1.90. The third-order valence-electron chi connectivity index (χ3n) is 0.348. The van der Waals surface area contributed by atoms with Gasteiger partial charge in [0, 0.05) is 6.92 Å². The van der Waals surface area contributed by atoms with Crippen molar-refractivity contribution in [1.29, 1.82) is 0 Å². The fraction of sp³-hybridized carbons (Fsp3) is 0.750. The lowest BCUT2D eigenvalue weighted by Crippen LogP contribution is -3.00. The molecule has 0 aliphatic carbocycles. The van der Waals surface area contributed by atoms with Crippen LogP contribution in [-0.2, 0) is 9.53 Å². The van der Waals surface area contributed by atoms with E-state index in [0.29, 0.717) is 6.61 Å². The lowest BCUT2D eigenvalue weighted by molar-refractivity contribution is -0.140. The molecule has 0 aromatic carbocycles. The van der Waals surface area contributed by atoms with Crippen LogP contribution in [0.15, 0.2) is 0 Å². The molecule has 0 aromatic heterocycles. The fourth-order valence-corrected chi connectivity index (χ4v) is 0.203. The van der Waals surface area contributed by atoms with Crippen molar-refractivity contribution < 1.29 is 26.5 Å². The minimum Gasteiger partial charge on any atom is -1.00 e. The van der Waals surface area contributed by atoms with Gasteiger partial charge in [0.2, 0.25) is 0 Å². The molecular formula is C4H12BrNO2. The number of esters is 1. The summed E-state index contributed by atoms with van der Waals surface area (Å²) >= 11 is 0. The van der Waals surface area contributed by atoms with E-state index < -0.39 is 0 Å². The molecule has 0 spiro atoms. The number of carbonyl (C=O) groups is 1. The van der Waals surface area contributed by atoms with Gasteiger partial charge in [-0.1, -0.05) is 0 Å². The number of halogens is 1. The zero-order chi connectivity index (χ0) is 4.99. The second kappa shape index (κ2) is 10.0. The number of hydrogen-bond donors (Lipinski definition) is 1. The lowest BCUT2D eigenvalue weighted by Gasteiger charge is -1.89. The Balaban J connectivity index is -0.000000125. The van der Waals surface area contributed by atoms with E-state index >= 15 is 0 Å². The van der Waals surface area contributed by atoms with Crippen LogP contribution in [0.1, 0.15) is 13.8 Å². The first-order valence-electron chi connectivity index (χ1n) is 1.90. The predicted molar refractivity (Wildman–Crippen MR) is 28.3 cm³/mol. The third kappa shape index (κ3) is 16.8. The molecule has 0 aromatic rings. The van der Waals surface area contributed by atoms with E-state index in [1.807, 2.05) is 0 Å². The summed E-state index contributed by atoms with van der Waals surface area (Å²) in [5, 5.41) is 0. The first kappa shape index (κ1) is 15.7. The van der Waals surface area contributed by atoms with Crippen molar-refractivity contribution in [2.75, 3.05) is 6.61 Å². The normalized spacial score (nSPS) is 5.75. The Kier molecular flexibility index (Phi) is 19.6. The molecule has 0 aliphatic rings. The number of quaternary nitrogens is 1. The van der Waals surface area contributed by atoms with Crippen LogP contribution in [0, 0.1) is 0 Å². The monoisotopic (exact) mass is 185 g/mol. The number of hydrogen-bond acceptors (Lipinski definition) is 2. The van der Waals surface area contributed by atoms with Gasteiger partial charge in [-0.25, -0.2) is 0 Å². The Bertz CT molecular complexity index is 58.0. The van der Waals surface area contributed by atoms with Gasteiger partial charge in [0.15, 0.2) is 0 Å². The predicted octanol–water partition coefficient (Wildman–Crippen LogP) is -2.05. The molecule has 0 saturated carbocycles. The van der Waals surface area contributed by atoms with Gasteiger partial charge >= 0.3 is 5.97 Å². The molecule has 0 unspecified atom stereocenters. The summed E-state index contributed by atoms with van der Waals surface area (Å²) in [6, 6.07) is 0. The number of carbonyl (C=O) groups excluding carboxylic acids is 1. The molecule has 4 heteroatoms. The zero-order valence-corrected chi connectivity index (χ0v) is 6.99. The average Bonchev–Trinajstić information content (AvgIpc) is 1.35. The van der Waals surface area contributed by atoms with Gasteiger partial charge in [0.1, 0.15) is 0 Å². The highest BCUT2D eigenvalue weighted by Gasteiger charge is 1.81. The van der Waals surface area contributed by atoms with Crippen LogP contribution in [0.25, 0.3) is 0 Å². The average molecular weight is 186 g/mol. The van der Waals surface area contributed by atoms with Crippen molar-refractivity contribution >= 4 is 5.97 Å². The molecule has 0 bridgehead atoms. The molecular weight excluding hydrogens is 174 g/mol.